The van der Waals surface area contributed by atoms with Gasteiger partial charge in [-0.1, -0.05) is 60.5 Å². The Morgan fingerprint density at radius 1 is 0.882 bits per heavy atom. The van der Waals surface area contributed by atoms with Crippen LogP contribution < -0.4 is 10.5 Å². The number of hydrogen-bond acceptors (Lipinski definition) is 6. The molecule has 178 valence electrons. The molecule has 3 rings (SSSR count). The predicted molar refractivity (Wildman–Crippen MR) is 133 cm³/mol. The first-order valence-corrected chi connectivity index (χ1v) is 12.5. The van der Waals surface area contributed by atoms with E-state index in [1.165, 1.54) is 12.1 Å². The second kappa shape index (κ2) is 12.4. The fourth-order valence-corrected chi connectivity index (χ4v) is 4.88. The quantitative estimate of drug-likeness (QED) is 0.263. The third-order valence-electron chi connectivity index (χ3n) is 5.27. The van der Waals surface area contributed by atoms with E-state index in [1.807, 2.05) is 54.6 Å². The first kappa shape index (κ1) is 25.5. The maximum Gasteiger partial charge on any atom is 0.186 e. The van der Waals surface area contributed by atoms with Crippen LogP contribution in [0.3, 0.4) is 0 Å². The molecule has 0 bridgehead atoms. The van der Waals surface area contributed by atoms with Crippen LogP contribution in [0.15, 0.2) is 83.8 Å². The van der Waals surface area contributed by atoms with Crippen molar-refractivity contribution in [2.75, 3.05) is 20.3 Å². The number of aliphatic hydroxyl groups excluding tert-OH is 1. The number of hydrogen-bond donors (Lipinski definition) is 2. The molecule has 0 aliphatic rings. The highest BCUT2D eigenvalue weighted by Crippen LogP contribution is 2.26. The lowest BCUT2D eigenvalue weighted by Gasteiger charge is -2.18. The molecule has 3 aromatic carbocycles. The minimum atomic E-state index is -3.87. The van der Waals surface area contributed by atoms with Crippen LogP contribution in [0.5, 0.6) is 5.75 Å². The van der Waals surface area contributed by atoms with E-state index in [0.717, 1.165) is 22.4 Å². The first-order chi connectivity index (χ1) is 16.4. The van der Waals surface area contributed by atoms with Crippen molar-refractivity contribution in [1.82, 2.24) is 0 Å². The Morgan fingerprint density at radius 2 is 1.50 bits per heavy atom. The summed E-state index contributed by atoms with van der Waals surface area (Å²) in [6.07, 6.45) is -1.10. The molecule has 0 saturated heterocycles. The van der Waals surface area contributed by atoms with Crippen LogP contribution in [0, 0.1) is 11.8 Å². The molecule has 7 heteroatoms. The van der Waals surface area contributed by atoms with E-state index in [0.29, 0.717) is 19.6 Å². The van der Waals surface area contributed by atoms with Gasteiger partial charge in [-0.25, -0.2) is 8.42 Å². The summed E-state index contributed by atoms with van der Waals surface area (Å²) in [5, 5.41) is 8.76. The molecule has 3 N–H and O–H groups in total. The van der Waals surface area contributed by atoms with Crippen LogP contribution in [0.4, 0.5) is 0 Å². The van der Waals surface area contributed by atoms with Crippen molar-refractivity contribution in [3.8, 4) is 28.7 Å². The molecular formula is C27H29NO5S. The summed E-state index contributed by atoms with van der Waals surface area (Å²) < 4.78 is 36.8. The van der Waals surface area contributed by atoms with Crippen molar-refractivity contribution in [1.29, 1.82) is 0 Å². The van der Waals surface area contributed by atoms with Gasteiger partial charge < -0.3 is 20.3 Å². The molecule has 0 spiro atoms. The number of rotatable bonds is 10. The maximum atomic E-state index is 13.1. The molecule has 0 radical (unpaired) electrons. The van der Waals surface area contributed by atoms with Crippen molar-refractivity contribution in [3.05, 3.63) is 84.4 Å². The molecule has 0 fully saturated rings. The topological polar surface area (TPSA) is 98.9 Å². The molecule has 2 atom stereocenters. The Bertz CT molecular complexity index is 1200. The lowest BCUT2D eigenvalue weighted by Crippen LogP contribution is -2.40. The van der Waals surface area contributed by atoms with E-state index >= 15 is 0 Å². The zero-order valence-electron chi connectivity index (χ0n) is 19.1. The number of nitrogens with two attached hydrogens (primary N) is 1. The van der Waals surface area contributed by atoms with E-state index in [4.69, 9.17) is 15.2 Å². The molecular weight excluding hydrogens is 450 g/mol. The van der Waals surface area contributed by atoms with E-state index in [9.17, 15) is 13.5 Å². The normalized spacial score (nSPS) is 12.9. The average molecular weight is 480 g/mol. The lowest BCUT2D eigenvalue weighted by atomic mass is 10.1. The fraction of sp³-hybridized carbons (Fsp3) is 0.259. The largest absolute Gasteiger partial charge is 0.491 e. The summed E-state index contributed by atoms with van der Waals surface area (Å²) >= 11 is 0. The van der Waals surface area contributed by atoms with Crippen molar-refractivity contribution >= 4 is 9.84 Å². The molecule has 0 aliphatic carbocycles. The Kier molecular flexibility index (Phi) is 9.25. The van der Waals surface area contributed by atoms with Crippen molar-refractivity contribution in [2.45, 2.75) is 29.2 Å². The van der Waals surface area contributed by atoms with E-state index < -0.39 is 21.3 Å². The second-order valence-corrected chi connectivity index (χ2v) is 9.85. The summed E-state index contributed by atoms with van der Waals surface area (Å²) in [6.45, 7) is 0.974. The van der Waals surface area contributed by atoms with Gasteiger partial charge in [-0.3, -0.25) is 0 Å². The van der Waals surface area contributed by atoms with Crippen molar-refractivity contribution in [3.63, 3.8) is 0 Å². The van der Waals surface area contributed by atoms with Crippen LogP contribution >= 0.6 is 0 Å². The summed E-state index contributed by atoms with van der Waals surface area (Å²) in [7, 11) is -2.26. The van der Waals surface area contributed by atoms with Gasteiger partial charge in [0.05, 0.1) is 11.5 Å². The lowest BCUT2D eigenvalue weighted by molar-refractivity contribution is 0.146. The van der Waals surface area contributed by atoms with Crippen molar-refractivity contribution in [2.24, 2.45) is 5.73 Å². The molecule has 34 heavy (non-hydrogen) atoms. The van der Waals surface area contributed by atoms with Crippen LogP contribution in [0.1, 0.15) is 12.0 Å². The Balaban J connectivity index is 1.69. The number of methoxy groups -OCH3 is 1. The zero-order chi connectivity index (χ0) is 24.4. The molecule has 6 nitrogen and oxygen atoms in total. The monoisotopic (exact) mass is 479 g/mol. The minimum Gasteiger partial charge on any atom is -0.491 e. The van der Waals surface area contributed by atoms with Gasteiger partial charge in [-0.2, -0.15) is 0 Å². The summed E-state index contributed by atoms with van der Waals surface area (Å²) in [5.41, 5.74) is 8.43. The summed E-state index contributed by atoms with van der Waals surface area (Å²) in [5.74, 6) is 6.56. The van der Waals surface area contributed by atoms with Gasteiger partial charge in [-0.15, -0.1) is 5.92 Å². The van der Waals surface area contributed by atoms with Crippen LogP contribution in [0.25, 0.3) is 11.1 Å². The molecule has 3 aromatic rings. The van der Waals surface area contributed by atoms with Gasteiger partial charge in [0.15, 0.2) is 9.84 Å². The highest BCUT2D eigenvalue weighted by atomic mass is 32.2. The highest BCUT2D eigenvalue weighted by molar-refractivity contribution is 7.92. The summed E-state index contributed by atoms with van der Waals surface area (Å²) in [6, 6.07) is 23.7. The predicted octanol–water partition coefficient (Wildman–Crippen LogP) is 3.43. The third-order valence-corrected chi connectivity index (χ3v) is 7.44. The van der Waals surface area contributed by atoms with Gasteiger partial charge in [-0.05, 0) is 41.0 Å². The highest BCUT2D eigenvalue weighted by Gasteiger charge is 2.31. The van der Waals surface area contributed by atoms with Gasteiger partial charge in [0.1, 0.15) is 23.8 Å². The SMILES string of the molecule is COCCOc1ccc(-c2ccc(S(=O)(=O)C(CC#CCc3ccccc3)C(N)O)cc2)cc1. The molecule has 2 unspecified atom stereocenters. The zero-order valence-corrected chi connectivity index (χ0v) is 19.9. The number of sulfone groups is 1. The molecule has 0 aliphatic heterocycles. The van der Waals surface area contributed by atoms with Gasteiger partial charge in [0, 0.05) is 20.0 Å². The molecule has 0 saturated carbocycles. The van der Waals surface area contributed by atoms with Crippen LogP contribution in [-0.4, -0.2) is 45.3 Å². The summed E-state index contributed by atoms with van der Waals surface area (Å²) in [4.78, 5) is 0.0927. The van der Waals surface area contributed by atoms with Gasteiger partial charge in [0.25, 0.3) is 0 Å². The third kappa shape index (κ3) is 6.92. The standard InChI is InChI=1S/C27H29NO5S/c1-32-19-20-33-24-15-11-22(12-16-24)23-13-17-25(18-14-23)34(30,31)26(27(28)29)10-6-5-9-21-7-3-2-4-8-21/h2-4,7-8,11-18,26-27,29H,9-10,19-20,28H2,1H3. The molecule has 0 heterocycles. The fourth-order valence-electron chi connectivity index (χ4n) is 3.35. The van der Waals surface area contributed by atoms with E-state index in [1.54, 1.807) is 19.2 Å². The van der Waals surface area contributed by atoms with Gasteiger partial charge >= 0.3 is 0 Å². The Hall–Kier alpha value is -3.15. The van der Waals surface area contributed by atoms with E-state index in [-0.39, 0.29) is 11.3 Å². The number of benzene rings is 3. The van der Waals surface area contributed by atoms with E-state index in [2.05, 4.69) is 11.8 Å². The molecule has 0 amide bonds. The number of ether oxygens (including phenoxy) is 2. The maximum absolute atomic E-state index is 13.1. The van der Waals surface area contributed by atoms with Crippen molar-refractivity contribution < 1.29 is 23.0 Å². The molecule has 0 aromatic heterocycles. The first-order valence-electron chi connectivity index (χ1n) is 10.9. The van der Waals surface area contributed by atoms with Crippen LogP contribution in [0.2, 0.25) is 0 Å². The number of aliphatic hydroxyl groups is 1. The Labute approximate surface area is 201 Å². The second-order valence-electron chi connectivity index (χ2n) is 7.68. The minimum absolute atomic E-state index is 0.0564. The average Bonchev–Trinajstić information content (AvgIpc) is 2.85. The van der Waals surface area contributed by atoms with Gasteiger partial charge in [0.2, 0.25) is 0 Å². The Morgan fingerprint density at radius 3 is 2.09 bits per heavy atom. The smallest absolute Gasteiger partial charge is 0.186 e. The van der Waals surface area contributed by atoms with Crippen LogP contribution in [-0.2, 0) is 21.0 Å².